The molecule has 0 spiro atoms. The van der Waals surface area contributed by atoms with Gasteiger partial charge in [-0.2, -0.15) is 0 Å². The topological polar surface area (TPSA) is 38.1 Å². The highest BCUT2D eigenvalue weighted by Gasteiger charge is 2.27. The minimum atomic E-state index is -0.0295. The molecule has 186 valence electrons. The van der Waals surface area contributed by atoms with Gasteiger partial charge in [0.2, 0.25) is 5.89 Å². The lowest BCUT2D eigenvalue weighted by Gasteiger charge is -2.29. The summed E-state index contributed by atoms with van der Waals surface area (Å²) in [5, 5.41) is 9.24. The van der Waals surface area contributed by atoms with Crippen molar-refractivity contribution < 1.29 is 4.42 Å². The molecule has 0 saturated heterocycles. The van der Waals surface area contributed by atoms with Crippen molar-refractivity contribution in [3.8, 4) is 22.6 Å². The van der Waals surface area contributed by atoms with Gasteiger partial charge in [-0.1, -0.05) is 109 Å². The zero-order valence-electron chi connectivity index (χ0n) is 21.5. The van der Waals surface area contributed by atoms with Crippen LogP contribution in [0.1, 0.15) is 48.9 Å². The van der Waals surface area contributed by atoms with E-state index in [0.29, 0.717) is 0 Å². The maximum Gasteiger partial charge on any atom is 0.212 e. The molecule has 1 aliphatic rings. The fourth-order valence-corrected chi connectivity index (χ4v) is 6.06. The Labute approximate surface area is 223 Å². The number of nitrogens with zero attached hydrogens (tertiary/aromatic N) is 1. The normalized spacial score (nSPS) is 16.0. The SMILES string of the molecule is CC(NC1CCCc2c1ccc1c2ccc2ccccc21)c1nc(-c2ccccc2)c(-c2ccccc2)o1. The van der Waals surface area contributed by atoms with E-state index in [-0.39, 0.29) is 12.1 Å². The van der Waals surface area contributed by atoms with Crippen molar-refractivity contribution in [3.63, 3.8) is 0 Å². The van der Waals surface area contributed by atoms with E-state index < -0.39 is 0 Å². The molecule has 1 heterocycles. The summed E-state index contributed by atoms with van der Waals surface area (Å²) in [5.41, 5.74) is 5.88. The fraction of sp³-hybridized carbons (Fsp3) is 0.171. The first kappa shape index (κ1) is 22.9. The van der Waals surface area contributed by atoms with E-state index in [9.17, 15) is 0 Å². The molecule has 0 amide bonds. The molecule has 3 heteroatoms. The first-order valence-corrected chi connectivity index (χ1v) is 13.6. The summed E-state index contributed by atoms with van der Waals surface area (Å²) >= 11 is 0. The van der Waals surface area contributed by atoms with Crippen molar-refractivity contribution in [2.24, 2.45) is 0 Å². The third kappa shape index (κ3) is 4.00. The summed E-state index contributed by atoms with van der Waals surface area (Å²) in [4.78, 5) is 5.03. The van der Waals surface area contributed by atoms with Crippen molar-refractivity contribution in [3.05, 3.63) is 126 Å². The highest BCUT2D eigenvalue weighted by Crippen LogP contribution is 2.39. The third-order valence-electron chi connectivity index (χ3n) is 7.92. The second-order valence-corrected chi connectivity index (χ2v) is 10.3. The van der Waals surface area contributed by atoms with Crippen LogP contribution in [0.4, 0.5) is 0 Å². The van der Waals surface area contributed by atoms with Gasteiger partial charge in [0.25, 0.3) is 0 Å². The molecule has 2 unspecified atom stereocenters. The van der Waals surface area contributed by atoms with Crippen molar-refractivity contribution in [1.29, 1.82) is 0 Å². The molecular formula is C35H30N2O. The fourth-order valence-electron chi connectivity index (χ4n) is 6.06. The van der Waals surface area contributed by atoms with Crippen LogP contribution in [-0.4, -0.2) is 4.98 Å². The number of benzene rings is 5. The molecule has 6 aromatic rings. The summed E-state index contributed by atoms with van der Waals surface area (Å²) in [6.45, 7) is 2.16. The summed E-state index contributed by atoms with van der Waals surface area (Å²) < 4.78 is 6.49. The smallest absolute Gasteiger partial charge is 0.212 e. The van der Waals surface area contributed by atoms with Gasteiger partial charge in [0.15, 0.2) is 5.76 Å². The van der Waals surface area contributed by atoms with Gasteiger partial charge >= 0.3 is 0 Å². The number of hydrogen-bond donors (Lipinski definition) is 1. The van der Waals surface area contributed by atoms with Gasteiger partial charge in [0.05, 0.1) is 6.04 Å². The van der Waals surface area contributed by atoms with Crippen LogP contribution in [0.2, 0.25) is 0 Å². The molecule has 7 rings (SSSR count). The summed E-state index contributed by atoms with van der Waals surface area (Å²) in [6.07, 6.45) is 3.39. The van der Waals surface area contributed by atoms with E-state index in [4.69, 9.17) is 9.40 Å². The zero-order chi connectivity index (χ0) is 25.5. The number of hydrogen-bond acceptors (Lipinski definition) is 3. The molecule has 0 aliphatic heterocycles. The van der Waals surface area contributed by atoms with Crippen LogP contribution < -0.4 is 5.32 Å². The summed E-state index contributed by atoms with van der Waals surface area (Å²) in [7, 11) is 0. The average Bonchev–Trinajstić information content (AvgIpc) is 3.44. The monoisotopic (exact) mass is 494 g/mol. The van der Waals surface area contributed by atoms with Crippen molar-refractivity contribution in [2.75, 3.05) is 0 Å². The van der Waals surface area contributed by atoms with Crippen LogP contribution in [0.3, 0.4) is 0 Å². The Morgan fingerprint density at radius 1 is 0.737 bits per heavy atom. The second kappa shape index (κ2) is 9.59. The summed E-state index contributed by atoms with van der Waals surface area (Å²) in [5.74, 6) is 1.55. The molecular weight excluding hydrogens is 464 g/mol. The third-order valence-corrected chi connectivity index (χ3v) is 7.92. The first-order valence-electron chi connectivity index (χ1n) is 13.6. The molecule has 5 aromatic carbocycles. The highest BCUT2D eigenvalue weighted by molar-refractivity contribution is 6.08. The Morgan fingerprint density at radius 2 is 1.45 bits per heavy atom. The van der Waals surface area contributed by atoms with Gasteiger partial charge in [-0.25, -0.2) is 4.98 Å². The van der Waals surface area contributed by atoms with Gasteiger partial charge < -0.3 is 4.42 Å². The minimum Gasteiger partial charge on any atom is -0.438 e. The second-order valence-electron chi connectivity index (χ2n) is 10.3. The average molecular weight is 495 g/mol. The lowest BCUT2D eigenvalue weighted by molar-refractivity contribution is 0.361. The molecule has 0 fully saturated rings. The van der Waals surface area contributed by atoms with Crippen LogP contribution in [0.25, 0.3) is 44.1 Å². The van der Waals surface area contributed by atoms with Crippen LogP contribution in [0.15, 0.2) is 114 Å². The predicted octanol–water partition coefficient (Wildman–Crippen LogP) is 9.04. The maximum atomic E-state index is 6.49. The van der Waals surface area contributed by atoms with Crippen molar-refractivity contribution >= 4 is 21.5 Å². The molecule has 38 heavy (non-hydrogen) atoms. The van der Waals surface area contributed by atoms with Gasteiger partial charge in [0, 0.05) is 17.2 Å². The van der Waals surface area contributed by atoms with Crippen LogP contribution in [0.5, 0.6) is 0 Å². The van der Waals surface area contributed by atoms with E-state index in [1.807, 2.05) is 36.4 Å². The van der Waals surface area contributed by atoms with Crippen LogP contribution in [-0.2, 0) is 6.42 Å². The number of aryl methyl sites for hydroxylation is 1. The Bertz CT molecular complexity index is 1680. The lowest BCUT2D eigenvalue weighted by atomic mass is 9.83. The number of fused-ring (bicyclic) bond motifs is 5. The van der Waals surface area contributed by atoms with E-state index in [1.165, 1.54) is 39.1 Å². The Hall–Kier alpha value is -4.21. The van der Waals surface area contributed by atoms with Gasteiger partial charge in [-0.15, -0.1) is 0 Å². The molecule has 1 N–H and O–H groups in total. The largest absolute Gasteiger partial charge is 0.438 e. The standard InChI is InChI=1S/C35H30N2O/c1-23(35-37-33(25-12-4-2-5-13-25)34(38-35)26-14-6-3-7-15-26)36-32-18-10-17-28-30-20-19-24-11-8-9-16-27(24)29(30)21-22-31(28)32/h2-9,11-16,19-23,32,36H,10,17-18H2,1H3. The molecule has 0 bridgehead atoms. The van der Waals surface area contributed by atoms with E-state index in [1.54, 1.807) is 0 Å². The predicted molar refractivity (Wildman–Crippen MR) is 156 cm³/mol. The first-order chi connectivity index (χ1) is 18.8. The summed E-state index contributed by atoms with van der Waals surface area (Å²) in [6, 6.07) is 38.8. The Morgan fingerprint density at radius 3 is 2.26 bits per heavy atom. The molecule has 2 atom stereocenters. The number of rotatable bonds is 5. The van der Waals surface area contributed by atoms with Gasteiger partial charge in [-0.3, -0.25) is 5.32 Å². The van der Waals surface area contributed by atoms with E-state index in [2.05, 4.69) is 85.0 Å². The quantitative estimate of drug-likeness (QED) is 0.243. The Balaban J connectivity index is 1.24. The molecule has 0 radical (unpaired) electrons. The Kier molecular flexibility index (Phi) is 5.79. The molecule has 3 nitrogen and oxygen atoms in total. The molecule has 1 aliphatic carbocycles. The van der Waals surface area contributed by atoms with Crippen molar-refractivity contribution in [1.82, 2.24) is 10.3 Å². The van der Waals surface area contributed by atoms with E-state index >= 15 is 0 Å². The van der Waals surface area contributed by atoms with Gasteiger partial charge in [-0.05, 0) is 58.9 Å². The molecule has 0 saturated carbocycles. The van der Waals surface area contributed by atoms with Crippen LogP contribution in [0, 0.1) is 0 Å². The number of oxazole rings is 1. The maximum absolute atomic E-state index is 6.49. The number of aromatic nitrogens is 1. The van der Waals surface area contributed by atoms with Crippen molar-refractivity contribution in [2.45, 2.75) is 38.3 Å². The zero-order valence-corrected chi connectivity index (χ0v) is 21.5. The number of nitrogens with one attached hydrogen (secondary N) is 1. The van der Waals surface area contributed by atoms with E-state index in [0.717, 1.165) is 41.3 Å². The van der Waals surface area contributed by atoms with Gasteiger partial charge in [0.1, 0.15) is 5.69 Å². The molecule has 1 aromatic heterocycles. The lowest BCUT2D eigenvalue weighted by Crippen LogP contribution is -2.28. The van der Waals surface area contributed by atoms with Crippen LogP contribution >= 0.6 is 0 Å². The minimum absolute atomic E-state index is 0.0295. The highest BCUT2D eigenvalue weighted by atomic mass is 16.4.